The van der Waals surface area contributed by atoms with Crippen LogP contribution in [0, 0.1) is 0 Å². The minimum absolute atomic E-state index is 0.347. The maximum absolute atomic E-state index is 12.3. The van der Waals surface area contributed by atoms with Gasteiger partial charge in [0.15, 0.2) is 0 Å². The zero-order chi connectivity index (χ0) is 15.3. The summed E-state index contributed by atoms with van der Waals surface area (Å²) in [7, 11) is -1.53. The van der Waals surface area contributed by atoms with Gasteiger partial charge in [0.1, 0.15) is 0 Å². The summed E-state index contributed by atoms with van der Waals surface area (Å²) in [4.78, 5) is 2.64. The number of aromatic nitrogens is 1. The summed E-state index contributed by atoms with van der Waals surface area (Å²) in [5.41, 5.74) is 0.969. The molecule has 21 heavy (non-hydrogen) atoms. The lowest BCUT2D eigenvalue weighted by Crippen LogP contribution is -2.33. The van der Waals surface area contributed by atoms with Gasteiger partial charge in [-0.2, -0.15) is 0 Å². The fourth-order valence-electron chi connectivity index (χ4n) is 2.58. The molecule has 1 aromatic rings. The molecule has 0 spiro atoms. The Bertz CT molecular complexity index is 547. The van der Waals surface area contributed by atoms with Crippen LogP contribution in [0.3, 0.4) is 0 Å². The minimum atomic E-state index is -3.40. The molecule has 1 aliphatic rings. The number of nitrogens with zero attached hydrogens (tertiary/aromatic N) is 2. The van der Waals surface area contributed by atoms with Gasteiger partial charge in [0.05, 0.1) is 4.90 Å². The standard InChI is InChI=1S/C14H26N4O2S/c1-3-15-11-13-10-14(12-17(13)2)21(19,20)16-6-9-18-7-4-5-8-18/h10,12,15-16H,3-9,11H2,1-2H3. The highest BCUT2D eigenvalue weighted by Crippen LogP contribution is 2.13. The fourth-order valence-corrected chi connectivity index (χ4v) is 3.70. The van der Waals surface area contributed by atoms with E-state index in [0.29, 0.717) is 18.0 Å². The lowest BCUT2D eigenvalue weighted by molar-refractivity contribution is 0.344. The lowest BCUT2D eigenvalue weighted by Gasteiger charge is -2.14. The van der Waals surface area contributed by atoms with Crippen LogP contribution in [0.5, 0.6) is 0 Å². The molecule has 0 aromatic carbocycles. The monoisotopic (exact) mass is 314 g/mol. The maximum Gasteiger partial charge on any atom is 0.242 e. The van der Waals surface area contributed by atoms with Crippen molar-refractivity contribution in [1.82, 2.24) is 19.5 Å². The topological polar surface area (TPSA) is 66.4 Å². The van der Waals surface area contributed by atoms with Crippen LogP contribution in [0.2, 0.25) is 0 Å². The average Bonchev–Trinajstić information content (AvgIpc) is 3.06. The average molecular weight is 314 g/mol. The molecule has 7 heteroatoms. The summed E-state index contributed by atoms with van der Waals surface area (Å²) in [6, 6.07) is 1.74. The molecule has 0 aliphatic carbocycles. The predicted molar refractivity (Wildman–Crippen MR) is 83.7 cm³/mol. The van der Waals surface area contributed by atoms with E-state index in [0.717, 1.165) is 31.9 Å². The SMILES string of the molecule is CCNCc1cc(S(=O)(=O)NCCN2CCCC2)cn1C. The second kappa shape index (κ2) is 7.40. The number of nitrogens with one attached hydrogen (secondary N) is 2. The Labute approximate surface area is 127 Å². The molecule has 0 bridgehead atoms. The van der Waals surface area contributed by atoms with Gasteiger partial charge in [-0.05, 0) is 38.5 Å². The Morgan fingerprint density at radius 3 is 2.67 bits per heavy atom. The first-order chi connectivity index (χ1) is 10.0. The van der Waals surface area contributed by atoms with Crippen LogP contribution in [0.25, 0.3) is 0 Å². The molecule has 1 aromatic heterocycles. The first kappa shape index (κ1) is 16.5. The van der Waals surface area contributed by atoms with Crippen molar-refractivity contribution in [2.75, 3.05) is 32.7 Å². The van der Waals surface area contributed by atoms with Gasteiger partial charge < -0.3 is 14.8 Å². The summed E-state index contributed by atoms with van der Waals surface area (Å²) in [5, 5.41) is 3.21. The van der Waals surface area contributed by atoms with Crippen LogP contribution < -0.4 is 10.0 Å². The molecule has 0 amide bonds. The summed E-state index contributed by atoms with van der Waals surface area (Å²) in [6.07, 6.45) is 4.11. The third-order valence-corrected chi connectivity index (χ3v) is 5.30. The lowest BCUT2D eigenvalue weighted by atomic mass is 10.4. The molecular weight excluding hydrogens is 288 g/mol. The van der Waals surface area contributed by atoms with Crippen LogP contribution in [0.15, 0.2) is 17.2 Å². The molecule has 6 nitrogen and oxygen atoms in total. The number of rotatable bonds is 8. The second-order valence-electron chi connectivity index (χ2n) is 5.50. The predicted octanol–water partition coefficient (Wildman–Crippen LogP) is 0.509. The van der Waals surface area contributed by atoms with Crippen molar-refractivity contribution in [2.45, 2.75) is 31.2 Å². The molecule has 120 valence electrons. The van der Waals surface area contributed by atoms with Crippen LogP contribution >= 0.6 is 0 Å². The van der Waals surface area contributed by atoms with Crippen LogP contribution in [0.1, 0.15) is 25.5 Å². The van der Waals surface area contributed by atoms with E-state index in [1.54, 1.807) is 12.3 Å². The van der Waals surface area contributed by atoms with E-state index < -0.39 is 10.0 Å². The summed E-state index contributed by atoms with van der Waals surface area (Å²) >= 11 is 0. The van der Waals surface area contributed by atoms with E-state index in [4.69, 9.17) is 0 Å². The normalized spacial score (nSPS) is 16.7. The molecular formula is C14H26N4O2S. The van der Waals surface area contributed by atoms with Gasteiger partial charge in [0.2, 0.25) is 10.0 Å². The summed E-state index contributed by atoms with van der Waals surface area (Å²) in [5.74, 6) is 0. The van der Waals surface area contributed by atoms with Crippen molar-refractivity contribution in [1.29, 1.82) is 0 Å². The van der Waals surface area contributed by atoms with Crippen molar-refractivity contribution in [3.05, 3.63) is 18.0 Å². The van der Waals surface area contributed by atoms with Gasteiger partial charge in [0.25, 0.3) is 0 Å². The van der Waals surface area contributed by atoms with E-state index in [-0.39, 0.29) is 0 Å². The van der Waals surface area contributed by atoms with Crippen molar-refractivity contribution in [3.63, 3.8) is 0 Å². The van der Waals surface area contributed by atoms with E-state index in [2.05, 4.69) is 14.9 Å². The maximum atomic E-state index is 12.3. The minimum Gasteiger partial charge on any atom is -0.352 e. The first-order valence-electron chi connectivity index (χ1n) is 7.61. The van der Waals surface area contributed by atoms with Gasteiger partial charge >= 0.3 is 0 Å². The summed E-state index contributed by atoms with van der Waals surface area (Å²) in [6.45, 7) is 6.99. The molecule has 0 radical (unpaired) electrons. The van der Waals surface area contributed by atoms with E-state index in [1.165, 1.54) is 12.8 Å². The van der Waals surface area contributed by atoms with Gasteiger partial charge in [-0.1, -0.05) is 6.92 Å². The number of hydrogen-bond acceptors (Lipinski definition) is 4. The van der Waals surface area contributed by atoms with Crippen LogP contribution in [0.4, 0.5) is 0 Å². The molecule has 2 rings (SSSR count). The van der Waals surface area contributed by atoms with Crippen molar-refractivity contribution < 1.29 is 8.42 Å². The van der Waals surface area contributed by atoms with E-state index in [1.807, 2.05) is 18.5 Å². The molecule has 2 heterocycles. The zero-order valence-corrected chi connectivity index (χ0v) is 13.7. The van der Waals surface area contributed by atoms with Gasteiger partial charge in [0, 0.05) is 38.6 Å². The quantitative estimate of drug-likeness (QED) is 0.734. The number of sulfonamides is 1. The Morgan fingerprint density at radius 2 is 2.00 bits per heavy atom. The molecule has 2 N–H and O–H groups in total. The first-order valence-corrected chi connectivity index (χ1v) is 9.09. The fraction of sp³-hybridized carbons (Fsp3) is 0.714. The Kier molecular flexibility index (Phi) is 5.80. The highest BCUT2D eigenvalue weighted by molar-refractivity contribution is 7.89. The third kappa shape index (κ3) is 4.54. The molecule has 1 aliphatic heterocycles. The Hall–Kier alpha value is -0.890. The van der Waals surface area contributed by atoms with E-state index >= 15 is 0 Å². The van der Waals surface area contributed by atoms with Crippen LogP contribution in [-0.2, 0) is 23.6 Å². The van der Waals surface area contributed by atoms with E-state index in [9.17, 15) is 8.42 Å². The van der Waals surface area contributed by atoms with Crippen molar-refractivity contribution in [2.24, 2.45) is 7.05 Å². The van der Waals surface area contributed by atoms with Crippen LogP contribution in [-0.4, -0.2) is 50.6 Å². The van der Waals surface area contributed by atoms with Crippen molar-refractivity contribution in [3.8, 4) is 0 Å². The number of likely N-dealkylation sites (tertiary alicyclic amines) is 1. The van der Waals surface area contributed by atoms with Gasteiger partial charge in [-0.25, -0.2) is 13.1 Å². The highest BCUT2D eigenvalue weighted by Gasteiger charge is 2.18. The zero-order valence-electron chi connectivity index (χ0n) is 12.9. The molecule has 0 unspecified atom stereocenters. The molecule has 0 atom stereocenters. The largest absolute Gasteiger partial charge is 0.352 e. The molecule has 1 fully saturated rings. The van der Waals surface area contributed by atoms with Crippen molar-refractivity contribution >= 4 is 10.0 Å². The number of hydrogen-bond donors (Lipinski definition) is 2. The molecule has 0 saturated carbocycles. The third-order valence-electron chi connectivity index (χ3n) is 3.87. The Balaban J connectivity index is 1.91. The number of aryl methyl sites for hydroxylation is 1. The molecule has 1 saturated heterocycles. The smallest absolute Gasteiger partial charge is 0.242 e. The summed E-state index contributed by atoms with van der Waals surface area (Å²) < 4.78 is 29.1. The highest BCUT2D eigenvalue weighted by atomic mass is 32.2. The Morgan fingerprint density at radius 1 is 1.29 bits per heavy atom. The van der Waals surface area contributed by atoms with Gasteiger partial charge in [-0.15, -0.1) is 0 Å². The van der Waals surface area contributed by atoms with Gasteiger partial charge in [-0.3, -0.25) is 0 Å². The second-order valence-corrected chi connectivity index (χ2v) is 7.27.